The van der Waals surface area contributed by atoms with Gasteiger partial charge in [0.15, 0.2) is 0 Å². The number of amides is 1. The van der Waals surface area contributed by atoms with Crippen LogP contribution >= 0.6 is 0 Å². The van der Waals surface area contributed by atoms with E-state index < -0.39 is 0 Å². The van der Waals surface area contributed by atoms with Crippen molar-refractivity contribution in [1.82, 2.24) is 24.6 Å². The highest BCUT2D eigenvalue weighted by Gasteiger charge is 2.27. The van der Waals surface area contributed by atoms with Crippen LogP contribution in [0.1, 0.15) is 31.0 Å². The quantitative estimate of drug-likeness (QED) is 0.731. The maximum Gasteiger partial charge on any atom is 0.227 e. The van der Waals surface area contributed by atoms with Crippen molar-refractivity contribution < 1.29 is 9.32 Å². The van der Waals surface area contributed by atoms with Crippen molar-refractivity contribution in [2.24, 2.45) is 0 Å². The number of carbonyl (C=O) groups is 1. The molecule has 0 saturated heterocycles. The summed E-state index contributed by atoms with van der Waals surface area (Å²) in [5, 5.41) is 3.97. The Morgan fingerprint density at radius 3 is 2.96 bits per heavy atom. The maximum absolute atomic E-state index is 12.6. The van der Waals surface area contributed by atoms with E-state index in [1.54, 1.807) is 12.4 Å². The van der Waals surface area contributed by atoms with Crippen LogP contribution in [0.2, 0.25) is 0 Å². The summed E-state index contributed by atoms with van der Waals surface area (Å²) < 4.78 is 7.47. The van der Waals surface area contributed by atoms with Crippen LogP contribution in [0.4, 0.5) is 0 Å². The topological polar surface area (TPSA) is 77.1 Å². The lowest BCUT2D eigenvalue weighted by Crippen LogP contribution is -2.40. The summed E-state index contributed by atoms with van der Waals surface area (Å²) in [4.78, 5) is 22.9. The van der Waals surface area contributed by atoms with Crippen molar-refractivity contribution in [3.8, 4) is 11.4 Å². The van der Waals surface area contributed by atoms with Gasteiger partial charge < -0.3 is 14.0 Å². The van der Waals surface area contributed by atoms with Gasteiger partial charge >= 0.3 is 0 Å². The molecule has 1 aliphatic heterocycles. The summed E-state index contributed by atoms with van der Waals surface area (Å²) in [7, 11) is 0. The zero-order valence-electron chi connectivity index (χ0n) is 14.0. The van der Waals surface area contributed by atoms with Gasteiger partial charge in [-0.15, -0.1) is 0 Å². The highest BCUT2D eigenvalue weighted by Crippen LogP contribution is 2.26. The maximum atomic E-state index is 12.6. The largest absolute Gasteiger partial charge is 0.348 e. The summed E-state index contributed by atoms with van der Waals surface area (Å²) in [6.45, 7) is 3.63. The Labute approximate surface area is 145 Å². The highest BCUT2D eigenvalue weighted by atomic mass is 16.5. The van der Waals surface area contributed by atoms with Gasteiger partial charge in [0, 0.05) is 55.8 Å². The van der Waals surface area contributed by atoms with E-state index in [1.165, 1.54) is 5.69 Å². The second-order valence-corrected chi connectivity index (χ2v) is 6.14. The molecule has 128 valence electrons. The monoisotopic (exact) mass is 337 g/mol. The third-order valence-corrected chi connectivity index (χ3v) is 4.62. The van der Waals surface area contributed by atoms with Crippen LogP contribution < -0.4 is 0 Å². The first-order valence-corrected chi connectivity index (χ1v) is 8.40. The van der Waals surface area contributed by atoms with Gasteiger partial charge in [-0.25, -0.2) is 0 Å². The standard InChI is InChI=1S/C18H19N5O2/c1-13-15-3-2-10-22(15)11-12-23(13)17(24)5-4-16-20-18(21-25-16)14-6-8-19-9-7-14/h2-3,6-10,13H,4-5,11-12H2,1H3. The molecule has 4 heterocycles. The third kappa shape index (κ3) is 3.05. The van der Waals surface area contributed by atoms with E-state index in [0.29, 0.717) is 24.6 Å². The molecule has 0 spiro atoms. The first-order valence-electron chi connectivity index (χ1n) is 8.40. The molecule has 0 N–H and O–H groups in total. The summed E-state index contributed by atoms with van der Waals surface area (Å²) in [6.07, 6.45) is 6.24. The van der Waals surface area contributed by atoms with E-state index in [2.05, 4.69) is 38.9 Å². The van der Waals surface area contributed by atoms with Gasteiger partial charge in [0.2, 0.25) is 17.6 Å². The first-order chi connectivity index (χ1) is 12.2. The predicted octanol–water partition coefficient (Wildman–Crippen LogP) is 2.47. The summed E-state index contributed by atoms with van der Waals surface area (Å²) in [5.41, 5.74) is 2.03. The third-order valence-electron chi connectivity index (χ3n) is 4.62. The number of hydrogen-bond acceptors (Lipinski definition) is 5. The van der Waals surface area contributed by atoms with Gasteiger partial charge in [-0.3, -0.25) is 9.78 Å². The van der Waals surface area contributed by atoms with Crippen LogP contribution in [-0.4, -0.2) is 37.0 Å². The number of carbonyl (C=O) groups excluding carboxylic acids is 1. The number of pyridine rings is 1. The first kappa shape index (κ1) is 15.6. The number of rotatable bonds is 4. The second-order valence-electron chi connectivity index (χ2n) is 6.14. The Morgan fingerprint density at radius 1 is 1.28 bits per heavy atom. The van der Waals surface area contributed by atoms with Gasteiger partial charge in [-0.05, 0) is 31.2 Å². The minimum absolute atomic E-state index is 0.0892. The lowest BCUT2D eigenvalue weighted by molar-refractivity contribution is -0.134. The normalized spacial score (nSPS) is 16.7. The smallest absolute Gasteiger partial charge is 0.227 e. The number of nitrogens with zero attached hydrogens (tertiary/aromatic N) is 5. The molecule has 3 aromatic rings. The fourth-order valence-electron chi connectivity index (χ4n) is 3.25. The second kappa shape index (κ2) is 6.51. The Balaban J connectivity index is 1.39. The molecule has 1 atom stereocenters. The average molecular weight is 337 g/mol. The summed E-state index contributed by atoms with van der Waals surface area (Å²) in [6, 6.07) is 7.84. The predicted molar refractivity (Wildman–Crippen MR) is 90.4 cm³/mol. The summed E-state index contributed by atoms with van der Waals surface area (Å²) >= 11 is 0. The molecule has 4 rings (SSSR count). The van der Waals surface area contributed by atoms with E-state index in [1.807, 2.05) is 23.1 Å². The Hall–Kier alpha value is -2.96. The molecule has 0 bridgehead atoms. The molecular weight excluding hydrogens is 318 g/mol. The lowest BCUT2D eigenvalue weighted by Gasteiger charge is -2.35. The molecule has 0 saturated carbocycles. The minimum atomic E-state index is 0.0892. The number of hydrogen-bond donors (Lipinski definition) is 0. The molecule has 3 aromatic heterocycles. The molecule has 7 nitrogen and oxygen atoms in total. The zero-order valence-corrected chi connectivity index (χ0v) is 14.0. The van der Waals surface area contributed by atoms with E-state index in [0.717, 1.165) is 18.7 Å². The van der Waals surface area contributed by atoms with Gasteiger partial charge in [0.05, 0.1) is 6.04 Å². The fourth-order valence-corrected chi connectivity index (χ4v) is 3.25. The van der Waals surface area contributed by atoms with Crippen LogP contribution in [0.5, 0.6) is 0 Å². The van der Waals surface area contributed by atoms with Crippen molar-refractivity contribution in [3.63, 3.8) is 0 Å². The molecule has 7 heteroatoms. The molecule has 0 aromatic carbocycles. The van der Waals surface area contributed by atoms with E-state index in [-0.39, 0.29) is 11.9 Å². The van der Waals surface area contributed by atoms with E-state index in [9.17, 15) is 4.79 Å². The van der Waals surface area contributed by atoms with Crippen LogP contribution in [0.15, 0.2) is 47.4 Å². The highest BCUT2D eigenvalue weighted by molar-refractivity contribution is 5.77. The van der Waals surface area contributed by atoms with Crippen LogP contribution in [0, 0.1) is 0 Å². The molecule has 1 amide bonds. The average Bonchev–Trinajstić information content (AvgIpc) is 3.30. The van der Waals surface area contributed by atoms with Crippen LogP contribution in [0.25, 0.3) is 11.4 Å². The van der Waals surface area contributed by atoms with Crippen molar-refractivity contribution in [2.75, 3.05) is 6.54 Å². The van der Waals surface area contributed by atoms with E-state index in [4.69, 9.17) is 4.52 Å². The van der Waals surface area contributed by atoms with Crippen molar-refractivity contribution in [1.29, 1.82) is 0 Å². The zero-order chi connectivity index (χ0) is 17.2. The Kier molecular flexibility index (Phi) is 4.05. The molecule has 0 radical (unpaired) electrons. The number of aromatic nitrogens is 4. The van der Waals surface area contributed by atoms with Gasteiger partial charge in [-0.1, -0.05) is 5.16 Å². The van der Waals surface area contributed by atoms with E-state index >= 15 is 0 Å². The molecule has 1 aliphatic rings. The Bertz CT molecular complexity index is 870. The lowest BCUT2D eigenvalue weighted by atomic mass is 10.1. The van der Waals surface area contributed by atoms with Crippen molar-refractivity contribution >= 4 is 5.91 Å². The van der Waals surface area contributed by atoms with Gasteiger partial charge in [-0.2, -0.15) is 4.98 Å². The SMILES string of the molecule is CC1c2cccn2CCN1C(=O)CCc1nc(-c2ccncc2)no1. The Morgan fingerprint density at radius 2 is 2.12 bits per heavy atom. The van der Waals surface area contributed by atoms with Crippen LogP contribution in [-0.2, 0) is 17.8 Å². The number of fused-ring (bicyclic) bond motifs is 1. The molecule has 25 heavy (non-hydrogen) atoms. The fraction of sp³-hybridized carbons (Fsp3) is 0.333. The molecule has 0 aliphatic carbocycles. The molecule has 0 fully saturated rings. The van der Waals surface area contributed by atoms with Crippen molar-refractivity contribution in [3.05, 3.63) is 54.4 Å². The summed E-state index contributed by atoms with van der Waals surface area (Å²) in [5.74, 6) is 1.12. The van der Waals surface area contributed by atoms with Crippen molar-refractivity contribution in [2.45, 2.75) is 32.4 Å². The van der Waals surface area contributed by atoms with Gasteiger partial charge in [0.1, 0.15) is 0 Å². The van der Waals surface area contributed by atoms with Crippen LogP contribution in [0.3, 0.4) is 0 Å². The number of aryl methyl sites for hydroxylation is 1. The molecule has 1 unspecified atom stereocenters. The molecular formula is C18H19N5O2. The minimum Gasteiger partial charge on any atom is -0.348 e. The van der Waals surface area contributed by atoms with Gasteiger partial charge in [0.25, 0.3) is 0 Å².